The number of nitrogens with two attached hydrogens (primary N) is 1. The lowest BCUT2D eigenvalue weighted by molar-refractivity contribution is 0.0454. The van der Waals surface area contributed by atoms with Crippen LogP contribution in [0.25, 0.3) is 0 Å². The monoisotopic (exact) mass is 371 g/mol. The fourth-order valence-electron chi connectivity index (χ4n) is 3.38. The lowest BCUT2D eigenvalue weighted by atomic mass is 9.94. The molecule has 0 radical (unpaired) electrons. The van der Waals surface area contributed by atoms with Crippen LogP contribution in [0.1, 0.15) is 53.4 Å². The Kier molecular flexibility index (Phi) is 5.28. The quantitative estimate of drug-likeness (QED) is 0.782. The van der Waals surface area contributed by atoms with Crippen LogP contribution in [0.15, 0.2) is 24.3 Å². The predicted octanol–water partition coefficient (Wildman–Crippen LogP) is 4.22. The van der Waals surface area contributed by atoms with Crippen LogP contribution in [-0.4, -0.2) is 18.2 Å². The van der Waals surface area contributed by atoms with E-state index in [-0.39, 0.29) is 35.5 Å². The van der Waals surface area contributed by atoms with Gasteiger partial charge in [0.05, 0.1) is 7.11 Å². The number of carbonyl (C=O) groups is 1. The minimum absolute atomic E-state index is 0.00568. The van der Waals surface area contributed by atoms with Gasteiger partial charge in [-0.05, 0) is 49.1 Å². The van der Waals surface area contributed by atoms with Gasteiger partial charge in [-0.15, -0.1) is 0 Å². The van der Waals surface area contributed by atoms with Gasteiger partial charge in [-0.25, -0.2) is 4.79 Å². The Morgan fingerprint density at radius 1 is 1.30 bits per heavy atom. The van der Waals surface area contributed by atoms with E-state index in [4.69, 9.17) is 19.9 Å². The van der Waals surface area contributed by atoms with Crippen molar-refractivity contribution < 1.29 is 24.1 Å². The normalized spacial score (nSPS) is 14.4. The predicted molar refractivity (Wildman–Crippen MR) is 101 cm³/mol. The van der Waals surface area contributed by atoms with Gasteiger partial charge < -0.3 is 25.1 Å². The summed E-state index contributed by atoms with van der Waals surface area (Å²) in [6.07, 6.45) is 0.744. The number of hydrogen-bond donors (Lipinski definition) is 2. The molecule has 3 N–H and O–H groups in total. The van der Waals surface area contributed by atoms with Gasteiger partial charge in [0.25, 0.3) is 0 Å². The average Bonchev–Trinajstić information content (AvgIpc) is 2.59. The third-order valence-electron chi connectivity index (χ3n) is 4.54. The van der Waals surface area contributed by atoms with Crippen LogP contribution in [0.2, 0.25) is 0 Å². The largest absolute Gasteiger partial charge is 0.504 e. The number of aryl methyl sites for hydroxylation is 1. The van der Waals surface area contributed by atoms with Crippen LogP contribution in [0.3, 0.4) is 0 Å². The molecule has 0 bridgehead atoms. The maximum Gasteiger partial charge on any atom is 0.346 e. The molecular weight excluding hydrogens is 346 g/mol. The van der Waals surface area contributed by atoms with Gasteiger partial charge in [-0.1, -0.05) is 13.8 Å². The number of carbonyl (C=O) groups excluding carboxylic acids is 1. The van der Waals surface area contributed by atoms with Crippen molar-refractivity contribution in [3.05, 3.63) is 46.5 Å². The van der Waals surface area contributed by atoms with E-state index in [2.05, 4.69) is 13.8 Å². The first-order valence-corrected chi connectivity index (χ1v) is 8.95. The lowest BCUT2D eigenvalue weighted by Gasteiger charge is -2.24. The Morgan fingerprint density at radius 2 is 2.04 bits per heavy atom. The van der Waals surface area contributed by atoms with Crippen LogP contribution in [0, 0.1) is 12.8 Å². The molecule has 0 saturated carbocycles. The Labute approximate surface area is 158 Å². The molecule has 0 aromatic heterocycles. The maximum absolute atomic E-state index is 12.7. The average molecular weight is 371 g/mol. The molecule has 6 nitrogen and oxygen atoms in total. The van der Waals surface area contributed by atoms with Crippen LogP contribution >= 0.6 is 0 Å². The van der Waals surface area contributed by atoms with E-state index in [1.165, 1.54) is 7.11 Å². The van der Waals surface area contributed by atoms with Gasteiger partial charge in [0.1, 0.15) is 23.7 Å². The molecule has 144 valence electrons. The van der Waals surface area contributed by atoms with Gasteiger partial charge in [-0.3, -0.25) is 0 Å². The summed E-state index contributed by atoms with van der Waals surface area (Å²) in [6, 6.07) is 6.60. The second-order valence-electron chi connectivity index (χ2n) is 7.25. The molecule has 27 heavy (non-hydrogen) atoms. The highest BCUT2D eigenvalue weighted by molar-refractivity contribution is 5.96. The van der Waals surface area contributed by atoms with Crippen LogP contribution in [-0.2, 0) is 11.3 Å². The summed E-state index contributed by atoms with van der Waals surface area (Å²) < 4.78 is 16.9. The second-order valence-corrected chi connectivity index (χ2v) is 7.25. The molecule has 2 aromatic carbocycles. The number of phenols is 1. The number of fused-ring (bicyclic) bond motifs is 2. The third kappa shape index (κ3) is 3.71. The molecule has 1 atom stereocenters. The zero-order chi connectivity index (χ0) is 19.7. The van der Waals surface area contributed by atoms with E-state index in [0.29, 0.717) is 17.2 Å². The van der Waals surface area contributed by atoms with E-state index in [1.54, 1.807) is 18.2 Å². The molecule has 3 rings (SSSR count). The number of cyclic esters (lactones) is 1. The fraction of sp³-hybridized carbons (Fsp3) is 0.381. The summed E-state index contributed by atoms with van der Waals surface area (Å²) >= 11 is 0. The summed E-state index contributed by atoms with van der Waals surface area (Å²) in [5.41, 5.74) is 8.68. The molecule has 1 aliphatic rings. The van der Waals surface area contributed by atoms with Crippen molar-refractivity contribution in [1.82, 2.24) is 0 Å². The minimum atomic E-state index is -0.549. The Hall–Kier alpha value is -2.73. The van der Waals surface area contributed by atoms with Crippen molar-refractivity contribution >= 4 is 5.97 Å². The first-order chi connectivity index (χ1) is 12.8. The first-order valence-electron chi connectivity index (χ1n) is 8.95. The lowest BCUT2D eigenvalue weighted by Crippen LogP contribution is -2.18. The van der Waals surface area contributed by atoms with Crippen molar-refractivity contribution in [2.75, 3.05) is 7.11 Å². The number of phenolic OH excluding ortho intramolecular Hbond substituents is 1. The van der Waals surface area contributed by atoms with E-state index >= 15 is 0 Å². The molecule has 2 aromatic rings. The van der Waals surface area contributed by atoms with Crippen LogP contribution < -0.4 is 15.2 Å². The maximum atomic E-state index is 12.7. The SMILES string of the molecule is COc1c(C(N)CC(C)C)ccc2c1C(=O)OCc1cc(C)cc(O)c1O2. The van der Waals surface area contributed by atoms with E-state index in [0.717, 1.165) is 17.5 Å². The summed E-state index contributed by atoms with van der Waals surface area (Å²) in [5, 5.41) is 10.3. The van der Waals surface area contributed by atoms with Crippen molar-refractivity contribution in [3.63, 3.8) is 0 Å². The Bertz CT molecular complexity index is 875. The van der Waals surface area contributed by atoms with Gasteiger partial charge in [0.2, 0.25) is 0 Å². The highest BCUT2D eigenvalue weighted by Crippen LogP contribution is 2.43. The molecule has 6 heteroatoms. The van der Waals surface area contributed by atoms with Crippen LogP contribution in [0.5, 0.6) is 23.0 Å². The molecular formula is C21H25NO5. The van der Waals surface area contributed by atoms with Crippen molar-refractivity contribution in [2.45, 2.75) is 39.8 Å². The molecule has 1 heterocycles. The van der Waals surface area contributed by atoms with Gasteiger partial charge in [0.15, 0.2) is 11.5 Å². The van der Waals surface area contributed by atoms with Crippen molar-refractivity contribution in [1.29, 1.82) is 0 Å². The zero-order valence-electron chi connectivity index (χ0n) is 16.0. The summed E-state index contributed by atoms with van der Waals surface area (Å²) in [4.78, 5) is 12.7. The number of methoxy groups -OCH3 is 1. The number of benzene rings is 2. The molecule has 0 spiro atoms. The van der Waals surface area contributed by atoms with E-state index in [9.17, 15) is 9.90 Å². The summed E-state index contributed by atoms with van der Waals surface area (Å²) in [5.74, 6) is 0.719. The Morgan fingerprint density at radius 3 is 2.70 bits per heavy atom. The van der Waals surface area contributed by atoms with E-state index in [1.807, 2.05) is 13.0 Å². The standard InChI is InChI=1S/C21H25NO5/c1-11(2)7-15(22)14-5-6-17-18(20(14)25-4)21(24)26-10-13-8-12(3)9-16(23)19(13)27-17/h5-6,8-9,11,15,23H,7,10,22H2,1-4H3. The molecule has 1 aliphatic heterocycles. The van der Waals surface area contributed by atoms with Crippen molar-refractivity contribution in [3.8, 4) is 23.0 Å². The van der Waals surface area contributed by atoms with Crippen molar-refractivity contribution in [2.24, 2.45) is 11.7 Å². The van der Waals surface area contributed by atoms with Gasteiger partial charge in [-0.2, -0.15) is 0 Å². The highest BCUT2D eigenvalue weighted by atomic mass is 16.5. The Balaban J connectivity index is 2.13. The molecule has 0 amide bonds. The smallest absolute Gasteiger partial charge is 0.346 e. The summed E-state index contributed by atoms with van der Waals surface area (Å²) in [6.45, 7) is 6.01. The second kappa shape index (κ2) is 7.48. The van der Waals surface area contributed by atoms with Gasteiger partial charge in [0, 0.05) is 17.2 Å². The van der Waals surface area contributed by atoms with E-state index < -0.39 is 5.97 Å². The first kappa shape index (κ1) is 19.0. The number of esters is 1. The molecule has 0 fully saturated rings. The molecule has 0 saturated heterocycles. The number of hydrogen-bond acceptors (Lipinski definition) is 6. The fourth-order valence-corrected chi connectivity index (χ4v) is 3.38. The third-order valence-corrected chi connectivity index (χ3v) is 4.54. The topological polar surface area (TPSA) is 91.0 Å². The number of rotatable bonds is 4. The van der Waals surface area contributed by atoms with Crippen LogP contribution in [0.4, 0.5) is 0 Å². The number of ether oxygens (including phenoxy) is 3. The number of aromatic hydroxyl groups is 1. The minimum Gasteiger partial charge on any atom is -0.504 e. The molecule has 0 aliphatic carbocycles. The zero-order valence-corrected chi connectivity index (χ0v) is 16.0. The highest BCUT2D eigenvalue weighted by Gasteiger charge is 2.29. The van der Waals surface area contributed by atoms with Gasteiger partial charge >= 0.3 is 5.97 Å². The summed E-state index contributed by atoms with van der Waals surface area (Å²) in [7, 11) is 1.49. The molecule has 1 unspecified atom stereocenters.